The lowest BCUT2D eigenvalue weighted by molar-refractivity contribution is -0.116. The van der Waals surface area contributed by atoms with Crippen molar-refractivity contribution in [2.24, 2.45) is 0 Å². The Labute approximate surface area is 166 Å². The summed E-state index contributed by atoms with van der Waals surface area (Å²) in [6.45, 7) is 0. The lowest BCUT2D eigenvalue weighted by atomic mass is 10.1. The highest BCUT2D eigenvalue weighted by molar-refractivity contribution is 8.00. The highest BCUT2D eigenvalue weighted by atomic mass is 35.5. The molecule has 1 atom stereocenters. The van der Waals surface area contributed by atoms with Gasteiger partial charge in [-0.25, -0.2) is 0 Å². The fraction of sp³-hybridized carbons (Fsp3) is 0.263. The molecule has 142 valence electrons. The fourth-order valence-corrected chi connectivity index (χ4v) is 4.08. The van der Waals surface area contributed by atoms with Gasteiger partial charge in [0.2, 0.25) is 11.8 Å². The molecule has 2 aromatic rings. The van der Waals surface area contributed by atoms with Crippen LogP contribution in [0.1, 0.15) is 10.9 Å². The van der Waals surface area contributed by atoms with Crippen LogP contribution in [0.25, 0.3) is 0 Å². The Kier molecular flexibility index (Phi) is 6.13. The third-order valence-corrected chi connectivity index (χ3v) is 5.57. The van der Waals surface area contributed by atoms with Gasteiger partial charge in [0.05, 0.1) is 25.7 Å². The summed E-state index contributed by atoms with van der Waals surface area (Å²) in [5, 5.41) is 2.52. The first-order valence-corrected chi connectivity index (χ1v) is 9.77. The molecule has 1 saturated heterocycles. The van der Waals surface area contributed by atoms with Gasteiger partial charge in [-0.1, -0.05) is 12.1 Å². The predicted octanol–water partition coefficient (Wildman–Crippen LogP) is 3.66. The van der Waals surface area contributed by atoms with Crippen molar-refractivity contribution in [2.45, 2.75) is 5.37 Å². The summed E-state index contributed by atoms with van der Waals surface area (Å²) >= 11 is 7.05. The van der Waals surface area contributed by atoms with E-state index in [1.165, 1.54) is 0 Å². The number of halogens is 1. The normalized spacial score (nSPS) is 16.3. The van der Waals surface area contributed by atoms with Crippen molar-refractivity contribution >= 4 is 46.6 Å². The smallest absolute Gasteiger partial charge is 0.239 e. The number of methoxy groups -OCH3 is 2. The zero-order valence-electron chi connectivity index (χ0n) is 14.9. The number of nitrogens with zero attached hydrogens (tertiary/aromatic N) is 1. The van der Waals surface area contributed by atoms with Crippen LogP contribution in [0.4, 0.5) is 11.4 Å². The Balaban J connectivity index is 1.90. The minimum Gasteiger partial charge on any atom is -0.497 e. The molecule has 1 aliphatic rings. The molecular weight excluding hydrogens is 388 g/mol. The molecule has 2 aromatic carbocycles. The average molecular weight is 407 g/mol. The number of nitrogens with one attached hydrogen (secondary N) is 1. The van der Waals surface area contributed by atoms with Gasteiger partial charge >= 0.3 is 0 Å². The van der Waals surface area contributed by atoms with E-state index in [1.54, 1.807) is 55.1 Å². The molecule has 27 heavy (non-hydrogen) atoms. The van der Waals surface area contributed by atoms with E-state index in [9.17, 15) is 9.59 Å². The van der Waals surface area contributed by atoms with E-state index in [1.807, 2.05) is 18.2 Å². The highest BCUT2D eigenvalue weighted by Crippen LogP contribution is 2.45. The van der Waals surface area contributed by atoms with Crippen LogP contribution in [-0.4, -0.2) is 37.7 Å². The largest absolute Gasteiger partial charge is 0.497 e. The standard InChI is InChI=1S/C19H19ClN2O4S/c1-25-14-7-8-15(16(9-14)26-2)22-18(24)11-27-19(22)12-3-5-13(6-4-12)21-17(23)10-20/h3-9,19H,10-11H2,1-2H3,(H,21,23). The maximum Gasteiger partial charge on any atom is 0.239 e. The Morgan fingerprint density at radius 3 is 2.59 bits per heavy atom. The monoisotopic (exact) mass is 406 g/mol. The van der Waals surface area contributed by atoms with Crippen molar-refractivity contribution in [3.8, 4) is 11.5 Å². The van der Waals surface area contributed by atoms with Crippen molar-refractivity contribution in [2.75, 3.05) is 36.1 Å². The van der Waals surface area contributed by atoms with Crippen LogP contribution >= 0.6 is 23.4 Å². The van der Waals surface area contributed by atoms with E-state index in [2.05, 4.69) is 5.32 Å². The van der Waals surface area contributed by atoms with Crippen LogP contribution in [0.3, 0.4) is 0 Å². The third kappa shape index (κ3) is 4.14. The molecule has 1 unspecified atom stereocenters. The fourth-order valence-electron chi connectivity index (χ4n) is 2.84. The molecule has 8 heteroatoms. The lowest BCUT2D eigenvalue weighted by Crippen LogP contribution is -2.28. The van der Waals surface area contributed by atoms with Crippen molar-refractivity contribution in [3.05, 3.63) is 48.0 Å². The molecule has 0 bridgehead atoms. The molecule has 1 N–H and O–H groups in total. The highest BCUT2D eigenvalue weighted by Gasteiger charge is 2.35. The molecule has 0 spiro atoms. The van der Waals surface area contributed by atoms with Crippen LogP contribution in [-0.2, 0) is 9.59 Å². The van der Waals surface area contributed by atoms with Gasteiger partial charge in [0.25, 0.3) is 0 Å². The van der Waals surface area contributed by atoms with Gasteiger partial charge in [0, 0.05) is 11.8 Å². The molecule has 3 rings (SSSR count). The number of anilines is 2. The van der Waals surface area contributed by atoms with Gasteiger partial charge in [-0.3, -0.25) is 14.5 Å². The first-order chi connectivity index (χ1) is 13.1. The van der Waals surface area contributed by atoms with Crippen LogP contribution in [0.2, 0.25) is 0 Å². The van der Waals surface area contributed by atoms with E-state index in [4.69, 9.17) is 21.1 Å². The summed E-state index contributed by atoms with van der Waals surface area (Å²) in [7, 11) is 3.15. The topological polar surface area (TPSA) is 67.9 Å². The third-order valence-electron chi connectivity index (χ3n) is 4.12. The van der Waals surface area contributed by atoms with Crippen LogP contribution in [0.5, 0.6) is 11.5 Å². The summed E-state index contributed by atoms with van der Waals surface area (Å²) in [5.74, 6) is 1.25. The number of alkyl halides is 1. The molecule has 6 nitrogen and oxygen atoms in total. The van der Waals surface area contributed by atoms with Crippen molar-refractivity contribution in [1.29, 1.82) is 0 Å². The average Bonchev–Trinajstić information content (AvgIpc) is 3.09. The van der Waals surface area contributed by atoms with Gasteiger partial charge in [0.15, 0.2) is 0 Å². The van der Waals surface area contributed by atoms with E-state index in [-0.39, 0.29) is 23.1 Å². The molecule has 1 heterocycles. The number of benzene rings is 2. The lowest BCUT2D eigenvalue weighted by Gasteiger charge is -2.26. The number of amides is 2. The second kappa shape index (κ2) is 8.54. The van der Waals surface area contributed by atoms with Crippen molar-refractivity contribution in [1.82, 2.24) is 0 Å². The number of thioether (sulfide) groups is 1. The SMILES string of the molecule is COc1ccc(N2C(=O)CSC2c2ccc(NC(=O)CCl)cc2)c(OC)c1. The zero-order chi connectivity index (χ0) is 19.4. The minimum absolute atomic E-state index is 0.00739. The van der Waals surface area contributed by atoms with E-state index in [0.29, 0.717) is 28.6 Å². The number of hydrogen-bond donors (Lipinski definition) is 1. The Hall–Kier alpha value is -2.38. The number of carbonyl (C=O) groups excluding carboxylic acids is 2. The molecule has 0 aliphatic carbocycles. The second-order valence-electron chi connectivity index (χ2n) is 5.77. The molecule has 0 aromatic heterocycles. The van der Waals surface area contributed by atoms with Crippen LogP contribution < -0.4 is 19.7 Å². The summed E-state index contributed by atoms with van der Waals surface area (Å²) < 4.78 is 10.7. The first kappa shape index (κ1) is 19.4. The van der Waals surface area contributed by atoms with Gasteiger partial charge < -0.3 is 14.8 Å². The van der Waals surface area contributed by atoms with E-state index in [0.717, 1.165) is 5.56 Å². The summed E-state index contributed by atoms with van der Waals surface area (Å²) in [4.78, 5) is 25.7. The second-order valence-corrected chi connectivity index (χ2v) is 7.10. The summed E-state index contributed by atoms with van der Waals surface area (Å²) in [5.41, 5.74) is 2.30. The van der Waals surface area contributed by atoms with Gasteiger partial charge in [0.1, 0.15) is 22.8 Å². The summed E-state index contributed by atoms with van der Waals surface area (Å²) in [6.07, 6.45) is 0. The zero-order valence-corrected chi connectivity index (χ0v) is 16.5. The number of hydrogen-bond acceptors (Lipinski definition) is 5. The maximum absolute atomic E-state index is 12.6. The molecule has 1 fully saturated rings. The number of rotatable bonds is 6. The van der Waals surface area contributed by atoms with Crippen molar-refractivity contribution < 1.29 is 19.1 Å². The minimum atomic E-state index is -0.264. The van der Waals surface area contributed by atoms with Gasteiger partial charge in [-0.15, -0.1) is 23.4 Å². The maximum atomic E-state index is 12.6. The summed E-state index contributed by atoms with van der Waals surface area (Å²) in [6, 6.07) is 12.8. The van der Waals surface area contributed by atoms with Crippen LogP contribution in [0, 0.1) is 0 Å². The van der Waals surface area contributed by atoms with Crippen molar-refractivity contribution in [3.63, 3.8) is 0 Å². The first-order valence-electron chi connectivity index (χ1n) is 8.19. The Bertz CT molecular complexity index is 844. The number of carbonyl (C=O) groups is 2. The molecular formula is C19H19ClN2O4S. The molecule has 2 amide bonds. The molecule has 1 aliphatic heterocycles. The Morgan fingerprint density at radius 1 is 1.22 bits per heavy atom. The van der Waals surface area contributed by atoms with Crippen LogP contribution in [0.15, 0.2) is 42.5 Å². The quantitative estimate of drug-likeness (QED) is 0.741. The molecule has 0 radical (unpaired) electrons. The van der Waals surface area contributed by atoms with Gasteiger partial charge in [-0.05, 0) is 29.8 Å². The van der Waals surface area contributed by atoms with E-state index < -0.39 is 0 Å². The van der Waals surface area contributed by atoms with E-state index >= 15 is 0 Å². The number of ether oxygens (including phenoxy) is 2. The molecule has 0 saturated carbocycles. The Morgan fingerprint density at radius 2 is 1.96 bits per heavy atom. The predicted molar refractivity (Wildman–Crippen MR) is 108 cm³/mol. The van der Waals surface area contributed by atoms with Gasteiger partial charge in [-0.2, -0.15) is 0 Å².